The quantitative estimate of drug-likeness (QED) is 0.830. The van der Waals surface area contributed by atoms with Gasteiger partial charge in [0.15, 0.2) is 0 Å². The second kappa shape index (κ2) is 8.03. The van der Waals surface area contributed by atoms with Crippen LogP contribution in [0.1, 0.15) is 40.5 Å². The minimum Gasteiger partial charge on any atom is -0.495 e. The van der Waals surface area contributed by atoms with Crippen molar-refractivity contribution < 1.29 is 9.53 Å². The van der Waals surface area contributed by atoms with Crippen molar-refractivity contribution >= 4 is 5.91 Å². The van der Waals surface area contributed by atoms with Gasteiger partial charge in [-0.3, -0.25) is 9.48 Å². The van der Waals surface area contributed by atoms with Gasteiger partial charge in [-0.25, -0.2) is 0 Å². The Morgan fingerprint density at radius 1 is 1.36 bits per heavy atom. The van der Waals surface area contributed by atoms with Gasteiger partial charge in [-0.2, -0.15) is 10.4 Å². The van der Waals surface area contributed by atoms with Crippen molar-refractivity contribution in [2.24, 2.45) is 13.0 Å². The third-order valence-corrected chi connectivity index (χ3v) is 5.67. The van der Waals surface area contributed by atoms with Crippen LogP contribution < -0.4 is 10.1 Å². The fraction of sp³-hybridized carbons (Fsp3) is 0.476. The number of hydrogen-bond acceptors (Lipinski definition) is 5. The first-order chi connectivity index (χ1) is 13.4. The van der Waals surface area contributed by atoms with E-state index in [-0.39, 0.29) is 17.9 Å². The number of benzene rings is 1. The Bertz CT molecular complexity index is 928. The fourth-order valence-electron chi connectivity index (χ4n) is 4.14. The highest BCUT2D eigenvalue weighted by molar-refractivity contribution is 5.79. The van der Waals surface area contributed by atoms with E-state index in [1.165, 1.54) is 0 Å². The maximum atomic E-state index is 12.4. The number of aromatic nitrogens is 2. The van der Waals surface area contributed by atoms with Gasteiger partial charge < -0.3 is 15.0 Å². The SMILES string of the molecule is COc1ccc(CNC[C@@H]2CC(=O)N(C)[C@H]2c2c(C)nn(C)c2C)cc1C#N. The lowest BCUT2D eigenvalue weighted by Crippen LogP contribution is -2.29. The number of nitrogens with one attached hydrogen (secondary N) is 1. The first-order valence-electron chi connectivity index (χ1n) is 9.40. The molecule has 1 aromatic heterocycles. The molecule has 2 aromatic rings. The first kappa shape index (κ1) is 19.9. The number of carbonyl (C=O) groups excluding carboxylic acids is 1. The number of rotatable bonds is 6. The van der Waals surface area contributed by atoms with Crippen LogP contribution in [-0.4, -0.2) is 41.3 Å². The van der Waals surface area contributed by atoms with E-state index in [1.807, 2.05) is 48.8 Å². The fourth-order valence-corrected chi connectivity index (χ4v) is 4.14. The molecule has 1 amide bonds. The van der Waals surface area contributed by atoms with Crippen molar-refractivity contribution in [2.75, 3.05) is 20.7 Å². The van der Waals surface area contributed by atoms with Crippen molar-refractivity contribution in [3.8, 4) is 11.8 Å². The predicted molar refractivity (Wildman–Crippen MR) is 106 cm³/mol. The molecule has 1 saturated heterocycles. The number of aryl methyl sites for hydroxylation is 2. The summed E-state index contributed by atoms with van der Waals surface area (Å²) in [5, 5.41) is 17.2. The minimum atomic E-state index is 0.0271. The summed E-state index contributed by atoms with van der Waals surface area (Å²) in [6.45, 7) is 5.40. The van der Waals surface area contributed by atoms with Gasteiger partial charge >= 0.3 is 0 Å². The van der Waals surface area contributed by atoms with Gasteiger partial charge in [0.25, 0.3) is 0 Å². The molecule has 7 heteroatoms. The van der Waals surface area contributed by atoms with Crippen LogP contribution in [0.2, 0.25) is 0 Å². The Morgan fingerprint density at radius 3 is 2.71 bits per heavy atom. The molecule has 2 atom stereocenters. The van der Waals surface area contributed by atoms with Gasteiger partial charge in [-0.05, 0) is 31.5 Å². The second-order valence-electron chi connectivity index (χ2n) is 7.40. The molecule has 0 bridgehead atoms. The lowest BCUT2D eigenvalue weighted by molar-refractivity contribution is -0.127. The number of ether oxygens (including phenoxy) is 1. The summed E-state index contributed by atoms with van der Waals surface area (Å²) in [4.78, 5) is 14.3. The smallest absolute Gasteiger partial charge is 0.223 e. The highest BCUT2D eigenvalue weighted by atomic mass is 16.5. The summed E-state index contributed by atoms with van der Waals surface area (Å²) in [5.74, 6) is 0.917. The number of carbonyl (C=O) groups is 1. The molecule has 148 valence electrons. The molecule has 1 aliphatic heterocycles. The maximum Gasteiger partial charge on any atom is 0.223 e. The van der Waals surface area contributed by atoms with Crippen molar-refractivity contribution in [2.45, 2.75) is 32.9 Å². The van der Waals surface area contributed by atoms with E-state index in [2.05, 4.69) is 23.4 Å². The normalized spacial score (nSPS) is 19.1. The number of likely N-dealkylation sites (tertiary alicyclic amines) is 1. The molecule has 0 aliphatic carbocycles. The van der Waals surface area contributed by atoms with Crippen LogP contribution in [-0.2, 0) is 18.4 Å². The van der Waals surface area contributed by atoms with Crippen LogP contribution in [0.25, 0.3) is 0 Å². The summed E-state index contributed by atoms with van der Waals surface area (Å²) in [6, 6.07) is 7.79. The molecule has 1 fully saturated rings. The van der Waals surface area contributed by atoms with E-state index in [1.54, 1.807) is 7.11 Å². The van der Waals surface area contributed by atoms with Crippen molar-refractivity contribution in [3.63, 3.8) is 0 Å². The van der Waals surface area contributed by atoms with Gasteiger partial charge in [-0.15, -0.1) is 0 Å². The Morgan fingerprint density at radius 2 is 2.11 bits per heavy atom. The summed E-state index contributed by atoms with van der Waals surface area (Å²) < 4.78 is 7.08. The summed E-state index contributed by atoms with van der Waals surface area (Å²) in [5.41, 5.74) is 4.77. The second-order valence-corrected chi connectivity index (χ2v) is 7.40. The van der Waals surface area contributed by atoms with E-state index in [9.17, 15) is 10.1 Å². The van der Waals surface area contributed by atoms with E-state index in [0.29, 0.717) is 30.8 Å². The zero-order chi connectivity index (χ0) is 20.4. The number of amides is 1. The van der Waals surface area contributed by atoms with Crippen LogP contribution in [0.15, 0.2) is 18.2 Å². The molecule has 1 N–H and O–H groups in total. The van der Waals surface area contributed by atoms with E-state index >= 15 is 0 Å². The van der Waals surface area contributed by atoms with Crippen LogP contribution in [0.5, 0.6) is 5.75 Å². The highest BCUT2D eigenvalue weighted by Crippen LogP contribution is 2.39. The maximum absolute atomic E-state index is 12.4. The lowest BCUT2D eigenvalue weighted by Gasteiger charge is -2.26. The molecular weight excluding hydrogens is 354 g/mol. The largest absolute Gasteiger partial charge is 0.495 e. The Labute approximate surface area is 165 Å². The topological polar surface area (TPSA) is 83.2 Å². The predicted octanol–water partition coefficient (Wildman–Crippen LogP) is 2.23. The summed E-state index contributed by atoms with van der Waals surface area (Å²) in [6.07, 6.45) is 0.522. The van der Waals surface area contributed by atoms with Crippen molar-refractivity contribution in [1.29, 1.82) is 5.26 Å². The molecule has 0 unspecified atom stereocenters. The van der Waals surface area contributed by atoms with Crippen LogP contribution in [0.4, 0.5) is 0 Å². The molecular formula is C21H27N5O2. The lowest BCUT2D eigenvalue weighted by atomic mass is 9.92. The molecule has 1 aliphatic rings. The van der Waals surface area contributed by atoms with E-state index in [0.717, 1.165) is 22.5 Å². The number of nitrogens with zero attached hydrogens (tertiary/aromatic N) is 4. The number of hydrogen-bond donors (Lipinski definition) is 1. The highest BCUT2D eigenvalue weighted by Gasteiger charge is 2.40. The average molecular weight is 381 g/mol. The molecule has 0 radical (unpaired) electrons. The first-order valence-corrected chi connectivity index (χ1v) is 9.40. The van der Waals surface area contributed by atoms with Crippen LogP contribution in [0.3, 0.4) is 0 Å². The molecule has 1 aromatic carbocycles. The monoisotopic (exact) mass is 381 g/mol. The van der Waals surface area contributed by atoms with Crippen LogP contribution >= 0.6 is 0 Å². The molecule has 7 nitrogen and oxygen atoms in total. The molecule has 0 spiro atoms. The number of methoxy groups -OCH3 is 1. The van der Waals surface area contributed by atoms with Gasteiger partial charge in [-0.1, -0.05) is 6.07 Å². The van der Waals surface area contributed by atoms with E-state index < -0.39 is 0 Å². The molecule has 28 heavy (non-hydrogen) atoms. The van der Waals surface area contributed by atoms with Gasteiger partial charge in [0.2, 0.25) is 5.91 Å². The van der Waals surface area contributed by atoms with Crippen molar-refractivity contribution in [3.05, 3.63) is 46.3 Å². The summed E-state index contributed by atoms with van der Waals surface area (Å²) >= 11 is 0. The zero-order valence-electron chi connectivity index (χ0n) is 17.1. The van der Waals surface area contributed by atoms with Crippen molar-refractivity contribution in [1.82, 2.24) is 20.0 Å². The van der Waals surface area contributed by atoms with Gasteiger partial charge in [0.05, 0.1) is 24.4 Å². The third-order valence-electron chi connectivity index (χ3n) is 5.67. The van der Waals surface area contributed by atoms with Crippen LogP contribution in [0, 0.1) is 31.1 Å². The zero-order valence-corrected chi connectivity index (χ0v) is 17.1. The molecule has 2 heterocycles. The molecule has 3 rings (SSSR count). The van der Waals surface area contributed by atoms with Gasteiger partial charge in [0.1, 0.15) is 11.8 Å². The Balaban J connectivity index is 1.73. The summed E-state index contributed by atoms with van der Waals surface area (Å²) in [7, 11) is 5.37. The third kappa shape index (κ3) is 3.60. The Kier molecular flexibility index (Phi) is 5.71. The standard InChI is InChI=1S/C21H27N5O2/c1-13-20(14(2)26(4)24-13)21-17(9-19(27)25(21)3)12-23-11-15-6-7-18(28-5)16(8-15)10-22/h6-8,17,21,23H,9,11-12H2,1-5H3/t17-,21+/m0/s1. The minimum absolute atomic E-state index is 0.0271. The van der Waals surface area contributed by atoms with E-state index in [4.69, 9.17) is 4.74 Å². The van der Waals surface area contributed by atoms with Gasteiger partial charge in [0, 0.05) is 50.8 Å². The number of nitriles is 1. The Hall–Kier alpha value is -2.85. The average Bonchev–Trinajstić information content (AvgIpc) is 3.09. The molecule has 0 saturated carbocycles.